The largest absolute Gasteiger partial charge is 0.392 e. The van der Waals surface area contributed by atoms with Gasteiger partial charge in [-0.15, -0.1) is 0 Å². The Morgan fingerprint density at radius 3 is 2.50 bits per heavy atom. The number of aliphatic hydroxyl groups excluding tert-OH is 1. The third-order valence-electron chi connectivity index (χ3n) is 1.56. The normalized spacial score (nSPS) is 11.7. The lowest BCUT2D eigenvalue weighted by molar-refractivity contribution is 0.274. The van der Waals surface area contributed by atoms with E-state index in [-0.39, 0.29) is 10.6 Å². The van der Waals surface area contributed by atoms with Crippen LogP contribution in [-0.4, -0.2) is 13.5 Å². The van der Waals surface area contributed by atoms with Crippen LogP contribution in [0.3, 0.4) is 0 Å². The van der Waals surface area contributed by atoms with Crippen LogP contribution in [0.4, 0.5) is 4.39 Å². The quantitative estimate of drug-likeness (QED) is 0.794. The van der Waals surface area contributed by atoms with Gasteiger partial charge in [-0.3, -0.25) is 0 Å². The van der Waals surface area contributed by atoms with Gasteiger partial charge in [0.1, 0.15) is 10.7 Å². The minimum Gasteiger partial charge on any atom is -0.392 e. The molecule has 0 atom stereocenters. The van der Waals surface area contributed by atoms with Crippen molar-refractivity contribution in [3.63, 3.8) is 0 Å². The molecule has 4 nitrogen and oxygen atoms in total. The van der Waals surface area contributed by atoms with E-state index in [1.165, 1.54) is 0 Å². The molecule has 14 heavy (non-hydrogen) atoms. The smallest absolute Gasteiger partial charge is 0.241 e. The van der Waals surface area contributed by atoms with E-state index < -0.39 is 27.3 Å². The molecular formula is C7H7ClFNO3S. The highest BCUT2D eigenvalue weighted by molar-refractivity contribution is 7.89. The number of primary sulfonamides is 1. The zero-order valence-corrected chi connectivity index (χ0v) is 8.44. The Balaban J connectivity index is 3.53. The molecule has 3 N–H and O–H groups in total. The number of benzene rings is 1. The minimum atomic E-state index is -4.16. The number of aliphatic hydroxyl groups is 1. The first-order chi connectivity index (χ1) is 6.36. The van der Waals surface area contributed by atoms with Crippen LogP contribution < -0.4 is 5.14 Å². The van der Waals surface area contributed by atoms with Crippen molar-refractivity contribution >= 4 is 21.6 Å². The van der Waals surface area contributed by atoms with Gasteiger partial charge in [0, 0.05) is 10.6 Å². The van der Waals surface area contributed by atoms with Crippen LogP contribution in [0, 0.1) is 5.82 Å². The summed E-state index contributed by atoms with van der Waals surface area (Å²) in [5.41, 5.74) is -0.207. The van der Waals surface area contributed by atoms with Gasteiger partial charge in [-0.05, 0) is 12.1 Å². The molecule has 0 aliphatic heterocycles. The fourth-order valence-corrected chi connectivity index (χ4v) is 1.92. The van der Waals surface area contributed by atoms with E-state index in [0.29, 0.717) is 0 Å². The maximum atomic E-state index is 13.3. The van der Waals surface area contributed by atoms with E-state index >= 15 is 0 Å². The van der Waals surface area contributed by atoms with Crippen molar-refractivity contribution in [2.75, 3.05) is 0 Å². The van der Waals surface area contributed by atoms with Gasteiger partial charge in [0.2, 0.25) is 10.0 Å². The molecule has 0 aromatic heterocycles. The molecule has 0 fully saturated rings. The summed E-state index contributed by atoms with van der Waals surface area (Å²) < 4.78 is 35.0. The van der Waals surface area contributed by atoms with Gasteiger partial charge in [-0.2, -0.15) is 0 Å². The van der Waals surface area contributed by atoms with Crippen molar-refractivity contribution in [3.05, 3.63) is 28.5 Å². The van der Waals surface area contributed by atoms with Crippen LogP contribution in [0.2, 0.25) is 5.02 Å². The molecule has 78 valence electrons. The Morgan fingerprint density at radius 1 is 1.50 bits per heavy atom. The topological polar surface area (TPSA) is 80.4 Å². The Bertz CT molecular complexity index is 460. The minimum absolute atomic E-state index is 0.000486. The molecule has 0 aliphatic rings. The highest BCUT2D eigenvalue weighted by Crippen LogP contribution is 2.22. The second-order valence-electron chi connectivity index (χ2n) is 2.58. The first-order valence-corrected chi connectivity index (χ1v) is 5.40. The van der Waals surface area contributed by atoms with Gasteiger partial charge in [0.25, 0.3) is 0 Å². The predicted octanol–water partition coefficient (Wildman–Crippen LogP) is 0.619. The van der Waals surface area contributed by atoms with Crippen molar-refractivity contribution in [2.24, 2.45) is 5.14 Å². The lowest BCUT2D eigenvalue weighted by Gasteiger charge is -2.05. The number of rotatable bonds is 2. The lowest BCUT2D eigenvalue weighted by Crippen LogP contribution is -2.15. The lowest BCUT2D eigenvalue weighted by atomic mass is 10.2. The van der Waals surface area contributed by atoms with Crippen LogP contribution in [-0.2, 0) is 16.6 Å². The maximum absolute atomic E-state index is 13.3. The Morgan fingerprint density at radius 2 is 2.07 bits per heavy atom. The summed E-state index contributed by atoms with van der Waals surface area (Å²) in [6.45, 7) is -0.644. The number of nitrogens with two attached hydrogens (primary N) is 1. The fraction of sp³-hybridized carbons (Fsp3) is 0.143. The van der Waals surface area contributed by atoms with Gasteiger partial charge in [-0.1, -0.05) is 11.6 Å². The van der Waals surface area contributed by atoms with Crippen LogP contribution in [0.25, 0.3) is 0 Å². The first-order valence-electron chi connectivity index (χ1n) is 3.48. The molecule has 7 heteroatoms. The number of hydrogen-bond donors (Lipinski definition) is 2. The van der Waals surface area contributed by atoms with E-state index in [1.807, 2.05) is 0 Å². The van der Waals surface area contributed by atoms with Crippen molar-refractivity contribution in [1.82, 2.24) is 0 Å². The zero-order valence-electron chi connectivity index (χ0n) is 6.87. The monoisotopic (exact) mass is 239 g/mol. The van der Waals surface area contributed by atoms with E-state index in [2.05, 4.69) is 0 Å². The first kappa shape index (κ1) is 11.4. The summed E-state index contributed by atoms with van der Waals surface area (Å²) in [5.74, 6) is -1.07. The third-order valence-corrected chi connectivity index (χ3v) is 2.68. The van der Waals surface area contributed by atoms with E-state index in [4.69, 9.17) is 21.8 Å². The number of hydrogen-bond acceptors (Lipinski definition) is 3. The second kappa shape index (κ2) is 3.82. The summed E-state index contributed by atoms with van der Waals surface area (Å²) in [6.07, 6.45) is 0. The highest BCUT2D eigenvalue weighted by Gasteiger charge is 2.18. The van der Waals surface area contributed by atoms with E-state index in [1.54, 1.807) is 0 Å². The predicted molar refractivity (Wildman–Crippen MR) is 48.7 cm³/mol. The van der Waals surface area contributed by atoms with Crippen molar-refractivity contribution in [2.45, 2.75) is 11.5 Å². The maximum Gasteiger partial charge on any atom is 0.241 e. The molecule has 1 aromatic rings. The Labute approximate surface area is 85.2 Å². The summed E-state index contributed by atoms with van der Waals surface area (Å²) >= 11 is 5.51. The van der Waals surface area contributed by atoms with Gasteiger partial charge < -0.3 is 5.11 Å². The molecule has 0 bridgehead atoms. The summed E-state index contributed by atoms with van der Waals surface area (Å²) in [6, 6.07) is 2.02. The molecule has 0 spiro atoms. The van der Waals surface area contributed by atoms with Crippen LogP contribution in [0.1, 0.15) is 5.56 Å². The van der Waals surface area contributed by atoms with Crippen molar-refractivity contribution in [1.29, 1.82) is 0 Å². The molecule has 0 unspecified atom stereocenters. The van der Waals surface area contributed by atoms with Gasteiger partial charge >= 0.3 is 0 Å². The van der Waals surface area contributed by atoms with Gasteiger partial charge in [-0.25, -0.2) is 17.9 Å². The highest BCUT2D eigenvalue weighted by atomic mass is 35.5. The van der Waals surface area contributed by atoms with E-state index in [0.717, 1.165) is 12.1 Å². The summed E-state index contributed by atoms with van der Waals surface area (Å²) in [5, 5.41) is 13.4. The SMILES string of the molecule is NS(=O)(=O)c1cc(Cl)cc(CO)c1F. The van der Waals surface area contributed by atoms with Gasteiger partial charge in [0.15, 0.2) is 0 Å². The molecule has 0 heterocycles. The van der Waals surface area contributed by atoms with Crippen LogP contribution >= 0.6 is 11.6 Å². The fourth-order valence-electron chi connectivity index (χ4n) is 0.940. The average Bonchev–Trinajstić information content (AvgIpc) is 2.06. The molecule has 0 radical (unpaired) electrons. The number of sulfonamides is 1. The van der Waals surface area contributed by atoms with Crippen molar-refractivity contribution in [3.8, 4) is 0 Å². The van der Waals surface area contributed by atoms with Crippen LogP contribution in [0.5, 0.6) is 0 Å². The average molecular weight is 240 g/mol. The molecule has 0 amide bonds. The summed E-state index contributed by atoms with van der Waals surface area (Å²) in [4.78, 5) is -0.714. The second-order valence-corrected chi connectivity index (χ2v) is 4.55. The van der Waals surface area contributed by atoms with E-state index in [9.17, 15) is 12.8 Å². The number of halogens is 2. The molecule has 0 saturated carbocycles. The molecule has 1 aromatic carbocycles. The molecule has 0 saturated heterocycles. The Hall–Kier alpha value is -0.690. The molecular weight excluding hydrogens is 233 g/mol. The summed E-state index contributed by atoms with van der Waals surface area (Å²) in [7, 11) is -4.16. The van der Waals surface area contributed by atoms with Crippen LogP contribution in [0.15, 0.2) is 17.0 Å². The standard InChI is InChI=1S/C7H7ClFNO3S/c8-5-1-4(3-11)7(9)6(2-5)14(10,12)13/h1-2,11H,3H2,(H2,10,12,13). The zero-order chi connectivity index (χ0) is 10.9. The van der Waals surface area contributed by atoms with Gasteiger partial charge in [0.05, 0.1) is 6.61 Å². The third kappa shape index (κ3) is 2.21. The van der Waals surface area contributed by atoms with Crippen molar-refractivity contribution < 1.29 is 17.9 Å². The molecule has 1 rings (SSSR count). The Kier molecular flexibility index (Phi) is 3.10. The molecule has 0 aliphatic carbocycles.